The van der Waals surface area contributed by atoms with Gasteiger partial charge in [0.05, 0.1) is 16.1 Å². The van der Waals surface area contributed by atoms with E-state index in [2.05, 4.69) is 26.0 Å². The van der Waals surface area contributed by atoms with Gasteiger partial charge < -0.3 is 5.32 Å². The predicted molar refractivity (Wildman–Crippen MR) is 94.0 cm³/mol. The van der Waals surface area contributed by atoms with Crippen LogP contribution in [0.5, 0.6) is 0 Å². The van der Waals surface area contributed by atoms with Crippen molar-refractivity contribution in [2.75, 3.05) is 11.3 Å². The molecule has 0 heterocycles. The fourth-order valence-electron chi connectivity index (χ4n) is 1.94. The summed E-state index contributed by atoms with van der Waals surface area (Å²) in [7, 11) is -3.77. The third-order valence-corrected chi connectivity index (χ3v) is 4.91. The molecule has 0 aliphatic carbocycles. The zero-order valence-electron chi connectivity index (χ0n) is 12.5. The highest BCUT2D eigenvalue weighted by Gasteiger charge is 2.18. The van der Waals surface area contributed by atoms with Crippen molar-refractivity contribution in [1.29, 1.82) is 0 Å². The number of carbonyl (C=O) groups excluding carboxylic acids is 1. The molecule has 5 nitrogen and oxygen atoms in total. The van der Waals surface area contributed by atoms with E-state index < -0.39 is 10.0 Å². The number of anilines is 1. The second-order valence-electron chi connectivity index (χ2n) is 4.86. The maximum absolute atomic E-state index is 12.5. The zero-order valence-corrected chi connectivity index (χ0v) is 14.9. The lowest BCUT2D eigenvalue weighted by atomic mass is 10.1. The fraction of sp³-hybridized carbons (Fsp3) is 0.188. The molecule has 0 aromatic heterocycles. The van der Waals surface area contributed by atoms with E-state index in [1.54, 1.807) is 36.4 Å². The third kappa shape index (κ3) is 4.56. The Morgan fingerprint density at radius 2 is 1.87 bits per heavy atom. The first kappa shape index (κ1) is 17.5. The molecular weight excluding hydrogens is 380 g/mol. The van der Waals surface area contributed by atoms with Gasteiger partial charge in [-0.15, -0.1) is 0 Å². The third-order valence-electron chi connectivity index (χ3n) is 3.06. The minimum Gasteiger partial charge on any atom is -0.352 e. The molecule has 7 heteroatoms. The second kappa shape index (κ2) is 7.61. The Morgan fingerprint density at radius 3 is 2.57 bits per heavy atom. The molecule has 23 heavy (non-hydrogen) atoms. The second-order valence-corrected chi connectivity index (χ2v) is 7.46. The number of amides is 1. The van der Waals surface area contributed by atoms with Crippen LogP contribution < -0.4 is 10.0 Å². The summed E-state index contributed by atoms with van der Waals surface area (Å²) < 4.78 is 28.1. The van der Waals surface area contributed by atoms with Crippen molar-refractivity contribution in [3.05, 3.63) is 58.6 Å². The molecular formula is C16H17BrN2O3S. The van der Waals surface area contributed by atoms with Gasteiger partial charge in [-0.2, -0.15) is 0 Å². The van der Waals surface area contributed by atoms with Crippen molar-refractivity contribution in [3.8, 4) is 0 Å². The predicted octanol–water partition coefficient (Wildman–Crippen LogP) is 3.39. The quantitative estimate of drug-likeness (QED) is 0.785. The van der Waals surface area contributed by atoms with E-state index in [-0.39, 0.29) is 16.5 Å². The van der Waals surface area contributed by atoms with Crippen molar-refractivity contribution >= 4 is 37.5 Å². The van der Waals surface area contributed by atoms with E-state index in [0.29, 0.717) is 16.6 Å². The molecule has 0 aliphatic rings. The van der Waals surface area contributed by atoms with Gasteiger partial charge in [-0.05, 0) is 36.8 Å². The summed E-state index contributed by atoms with van der Waals surface area (Å²) in [6, 6.07) is 12.9. The Labute approximate surface area is 144 Å². The Kier molecular flexibility index (Phi) is 5.79. The number of carbonyl (C=O) groups is 1. The van der Waals surface area contributed by atoms with Crippen molar-refractivity contribution in [3.63, 3.8) is 0 Å². The van der Waals surface area contributed by atoms with Gasteiger partial charge in [-0.25, -0.2) is 8.42 Å². The van der Waals surface area contributed by atoms with Gasteiger partial charge in [0.25, 0.3) is 15.9 Å². The lowest BCUT2D eigenvalue weighted by Crippen LogP contribution is -2.25. The molecule has 0 aliphatic heterocycles. The largest absolute Gasteiger partial charge is 0.352 e. The molecule has 0 bridgehead atoms. The topological polar surface area (TPSA) is 75.3 Å². The van der Waals surface area contributed by atoms with Crippen LogP contribution in [-0.2, 0) is 10.0 Å². The zero-order chi connectivity index (χ0) is 16.9. The molecule has 122 valence electrons. The van der Waals surface area contributed by atoms with E-state index in [4.69, 9.17) is 0 Å². The summed E-state index contributed by atoms with van der Waals surface area (Å²) in [5, 5.41) is 2.74. The summed E-state index contributed by atoms with van der Waals surface area (Å²) in [5.41, 5.74) is 0.542. The van der Waals surface area contributed by atoms with Gasteiger partial charge in [0.2, 0.25) is 0 Å². The molecule has 0 unspecified atom stereocenters. The Balaban J connectivity index is 2.31. The monoisotopic (exact) mass is 396 g/mol. The summed E-state index contributed by atoms with van der Waals surface area (Å²) in [4.78, 5) is 12.3. The molecule has 0 spiro atoms. The highest BCUT2D eigenvalue weighted by atomic mass is 79.9. The summed E-state index contributed by atoms with van der Waals surface area (Å²) in [6.45, 7) is 2.48. The first-order chi connectivity index (χ1) is 10.9. The molecule has 0 fully saturated rings. The Morgan fingerprint density at radius 1 is 1.13 bits per heavy atom. The number of halogens is 1. The lowest BCUT2D eigenvalue weighted by Gasteiger charge is -2.12. The summed E-state index contributed by atoms with van der Waals surface area (Å²) >= 11 is 3.25. The Bertz CT molecular complexity index is 806. The van der Waals surface area contributed by atoms with Crippen LogP contribution in [0.2, 0.25) is 0 Å². The maximum atomic E-state index is 12.5. The lowest BCUT2D eigenvalue weighted by molar-refractivity contribution is 0.0954. The van der Waals surface area contributed by atoms with E-state index in [1.165, 1.54) is 12.1 Å². The van der Waals surface area contributed by atoms with Crippen LogP contribution in [-0.4, -0.2) is 20.9 Å². The standard InChI is InChI=1S/C16H17BrN2O3S/c1-2-10-18-16(20)14-8-3-4-9-15(14)19-23(21,22)13-7-5-6-12(17)11-13/h3-9,11,19H,2,10H2,1H3,(H,18,20). The molecule has 0 atom stereocenters. The SMILES string of the molecule is CCCNC(=O)c1ccccc1NS(=O)(=O)c1cccc(Br)c1. The van der Waals surface area contributed by atoms with E-state index >= 15 is 0 Å². The molecule has 0 saturated heterocycles. The van der Waals surface area contributed by atoms with Crippen molar-refractivity contribution in [1.82, 2.24) is 5.32 Å². The van der Waals surface area contributed by atoms with Crippen LogP contribution in [0.3, 0.4) is 0 Å². The number of sulfonamides is 1. The van der Waals surface area contributed by atoms with Crippen molar-refractivity contribution in [2.45, 2.75) is 18.2 Å². The van der Waals surface area contributed by atoms with Crippen molar-refractivity contribution < 1.29 is 13.2 Å². The average Bonchev–Trinajstić information content (AvgIpc) is 2.53. The first-order valence-electron chi connectivity index (χ1n) is 7.09. The van der Waals surface area contributed by atoms with Crippen LogP contribution in [0.15, 0.2) is 57.9 Å². The number of benzene rings is 2. The molecule has 2 aromatic carbocycles. The Hall–Kier alpha value is -1.86. The molecule has 0 radical (unpaired) electrons. The van der Waals surface area contributed by atoms with Gasteiger partial charge in [0.1, 0.15) is 0 Å². The van der Waals surface area contributed by atoms with Crippen LogP contribution in [0, 0.1) is 0 Å². The molecule has 2 N–H and O–H groups in total. The maximum Gasteiger partial charge on any atom is 0.261 e. The summed E-state index contributed by atoms with van der Waals surface area (Å²) in [5.74, 6) is -0.306. The van der Waals surface area contributed by atoms with E-state index in [1.807, 2.05) is 6.92 Å². The van der Waals surface area contributed by atoms with Crippen LogP contribution >= 0.6 is 15.9 Å². The van der Waals surface area contributed by atoms with Crippen molar-refractivity contribution in [2.24, 2.45) is 0 Å². The summed E-state index contributed by atoms with van der Waals surface area (Å²) in [6.07, 6.45) is 0.803. The minimum atomic E-state index is -3.77. The number of hydrogen-bond donors (Lipinski definition) is 2. The van der Waals surface area contributed by atoms with Gasteiger partial charge in [0.15, 0.2) is 0 Å². The van der Waals surface area contributed by atoms with Gasteiger partial charge in [-0.1, -0.05) is 41.1 Å². The fourth-order valence-corrected chi connectivity index (χ4v) is 3.62. The van der Waals surface area contributed by atoms with Gasteiger partial charge >= 0.3 is 0 Å². The highest BCUT2D eigenvalue weighted by Crippen LogP contribution is 2.22. The number of para-hydroxylation sites is 1. The molecule has 1 amide bonds. The minimum absolute atomic E-state index is 0.121. The van der Waals surface area contributed by atoms with Crippen LogP contribution in [0.1, 0.15) is 23.7 Å². The van der Waals surface area contributed by atoms with E-state index in [9.17, 15) is 13.2 Å². The highest BCUT2D eigenvalue weighted by molar-refractivity contribution is 9.10. The number of rotatable bonds is 6. The normalized spacial score (nSPS) is 11.0. The van der Waals surface area contributed by atoms with Crippen LogP contribution in [0.25, 0.3) is 0 Å². The van der Waals surface area contributed by atoms with Gasteiger partial charge in [-0.3, -0.25) is 9.52 Å². The number of nitrogens with one attached hydrogen (secondary N) is 2. The molecule has 2 rings (SSSR count). The smallest absolute Gasteiger partial charge is 0.261 e. The average molecular weight is 397 g/mol. The first-order valence-corrected chi connectivity index (χ1v) is 9.37. The molecule has 0 saturated carbocycles. The molecule has 2 aromatic rings. The number of hydrogen-bond acceptors (Lipinski definition) is 3. The van der Waals surface area contributed by atoms with Crippen LogP contribution in [0.4, 0.5) is 5.69 Å². The van der Waals surface area contributed by atoms with Gasteiger partial charge in [0, 0.05) is 11.0 Å². The van der Waals surface area contributed by atoms with E-state index in [0.717, 1.165) is 6.42 Å².